The van der Waals surface area contributed by atoms with Crippen molar-refractivity contribution in [3.05, 3.63) is 125 Å². The number of ether oxygens (including phenoxy) is 2. The summed E-state index contributed by atoms with van der Waals surface area (Å²) in [5.41, 5.74) is 4.66. The van der Waals surface area contributed by atoms with E-state index >= 15 is 0 Å². The Morgan fingerprint density at radius 1 is 0.553 bits per heavy atom. The van der Waals surface area contributed by atoms with Crippen LogP contribution in [0, 0.1) is 70.7 Å². The van der Waals surface area contributed by atoms with Crippen LogP contribution in [0.5, 0.6) is 0 Å². The van der Waals surface area contributed by atoms with Gasteiger partial charge in [0.05, 0.1) is 11.4 Å². The van der Waals surface area contributed by atoms with Gasteiger partial charge in [-0.2, -0.15) is 0 Å². The van der Waals surface area contributed by atoms with Gasteiger partial charge in [-0.15, -0.1) is 0 Å². The van der Waals surface area contributed by atoms with Gasteiger partial charge in [0.1, 0.15) is 34.9 Å². The standard InChI is InChI=1S/C25H33FN2O2.C20H25FN2.C17H23FN2O2.C8H10O.CH4/c1-24(2,3)30-23(29)28-16-25(21-14-20(26)6-7-22(21)28)8-10-27(11-9-25)15-19-13-17-4-5-18(19)12-17;21-17-3-4-19-18(11-17)20(13-22-19)5-7-23(8-6-20)12-16-10-14-1-2-15(16)9-14;1-16(2,3)22-15(21)20-11-17(6-8-19-9-7-17)13-10-12(18)4-5-14(13)20;9-5-8-4-6-1-2-7(8)3-6;/h4-7,14,17-19H,8-13,15-16H2,1-3H3;1-4,11,14-16,22H,5-10,12-13H2;4-5,10,19H,6-9,11H2,1-3H3;1-2,5-8H,3-4H2;1H4/t17-,18+,19+;14-,15+,16+;;6-,7+,8+;/m11.1./s1. The number of allylic oxidation sites excluding steroid dienone is 6. The molecule has 85 heavy (non-hydrogen) atoms. The van der Waals surface area contributed by atoms with Crippen molar-refractivity contribution in [1.82, 2.24) is 15.1 Å². The molecule has 6 aliphatic heterocycles. The van der Waals surface area contributed by atoms with Crippen LogP contribution in [0.25, 0.3) is 0 Å². The molecule has 14 heteroatoms. The number of carbonyl (C=O) groups is 3. The van der Waals surface area contributed by atoms with Crippen LogP contribution < -0.4 is 20.4 Å². The SMILES string of the molecule is C.CC(C)(C)OC(=O)N1CC2(CCN(C[C@@H]3C[C@@H]4C=C[C@H]3C4)CC2)c2cc(F)ccc21.CC(C)(C)OC(=O)N1CC2(CCNCC2)c2cc(F)ccc21.Fc1ccc2c(c1)C1(CCN(C[C@@H]3C[C@@H]4C=C[C@H]3C4)CC1)CN2.O=C[C@@H]1C[C@@H]2C=C[C@H]1C2. The summed E-state index contributed by atoms with van der Waals surface area (Å²) in [6.45, 7) is 21.9. The first-order valence-corrected chi connectivity index (χ1v) is 32.0. The van der Waals surface area contributed by atoms with Crippen molar-refractivity contribution in [2.75, 3.05) is 87.1 Å². The van der Waals surface area contributed by atoms with Crippen LogP contribution in [0.4, 0.5) is 39.8 Å². The number of aldehydes is 1. The molecule has 0 aromatic heterocycles. The molecule has 3 saturated carbocycles. The number of likely N-dealkylation sites (tertiary alicyclic amines) is 2. The molecule has 9 atom stereocenters. The Morgan fingerprint density at radius 3 is 1.38 bits per heavy atom. The molecule has 460 valence electrons. The van der Waals surface area contributed by atoms with E-state index in [0.29, 0.717) is 24.9 Å². The van der Waals surface area contributed by atoms with Crippen molar-refractivity contribution in [1.29, 1.82) is 0 Å². The molecular weight excluding hydrogens is 1070 g/mol. The van der Waals surface area contributed by atoms with Gasteiger partial charge in [-0.25, -0.2) is 22.8 Å². The van der Waals surface area contributed by atoms with E-state index in [2.05, 4.69) is 56.9 Å². The number of fused-ring (bicyclic) bond motifs is 12. The number of amides is 2. The molecule has 6 heterocycles. The van der Waals surface area contributed by atoms with Crippen LogP contribution in [-0.4, -0.2) is 111 Å². The maximum absolute atomic E-state index is 14.2. The second-order valence-electron chi connectivity index (χ2n) is 29.4. The maximum atomic E-state index is 14.2. The largest absolute Gasteiger partial charge is 0.443 e. The summed E-state index contributed by atoms with van der Waals surface area (Å²) in [4.78, 5) is 44.5. The van der Waals surface area contributed by atoms with E-state index in [4.69, 9.17) is 9.47 Å². The number of nitrogens with one attached hydrogen (secondary N) is 2. The minimum absolute atomic E-state index is 0. The maximum Gasteiger partial charge on any atom is 0.414 e. The highest BCUT2D eigenvalue weighted by Crippen LogP contribution is 2.52. The third-order valence-corrected chi connectivity index (χ3v) is 21.5. The smallest absolute Gasteiger partial charge is 0.414 e. The van der Waals surface area contributed by atoms with Crippen molar-refractivity contribution in [2.45, 2.75) is 153 Å². The number of piperidine rings is 3. The highest BCUT2D eigenvalue weighted by Gasteiger charge is 2.50. The molecule has 6 aliphatic carbocycles. The number of hydrogen-bond donors (Lipinski definition) is 2. The van der Waals surface area contributed by atoms with Gasteiger partial charge in [-0.3, -0.25) is 9.80 Å². The number of rotatable bonds is 5. The summed E-state index contributed by atoms with van der Waals surface area (Å²) < 4.78 is 52.8. The second kappa shape index (κ2) is 24.3. The van der Waals surface area contributed by atoms with E-state index in [1.807, 2.05) is 47.6 Å². The first kappa shape index (κ1) is 61.2. The van der Waals surface area contributed by atoms with Crippen LogP contribution in [0.2, 0.25) is 0 Å². The van der Waals surface area contributed by atoms with E-state index in [9.17, 15) is 27.6 Å². The van der Waals surface area contributed by atoms with Gasteiger partial charge in [0.15, 0.2) is 0 Å². The highest BCUT2D eigenvalue weighted by atomic mass is 19.1. The molecule has 11 nitrogen and oxygen atoms in total. The molecule has 6 fully saturated rings. The Bertz CT molecular complexity index is 3020. The van der Waals surface area contributed by atoms with Crippen LogP contribution in [0.3, 0.4) is 0 Å². The molecule has 2 N–H and O–H groups in total. The summed E-state index contributed by atoms with van der Waals surface area (Å²) in [5, 5.41) is 6.84. The monoisotopic (exact) mass is 1170 g/mol. The number of hydrogen-bond acceptors (Lipinski definition) is 9. The van der Waals surface area contributed by atoms with E-state index in [1.54, 1.807) is 46.2 Å². The zero-order chi connectivity index (χ0) is 58.8. The molecule has 15 rings (SSSR count). The minimum atomic E-state index is -0.550. The minimum Gasteiger partial charge on any atom is -0.443 e. The quantitative estimate of drug-likeness (QED) is 0.191. The summed E-state index contributed by atoms with van der Waals surface area (Å²) in [5.74, 6) is 6.11. The molecular formula is C71H95F3N6O5. The Kier molecular flexibility index (Phi) is 17.5. The van der Waals surface area contributed by atoms with Gasteiger partial charge < -0.3 is 34.7 Å². The molecule has 12 aliphatic rings. The Balaban J connectivity index is 0.000000124. The van der Waals surface area contributed by atoms with Gasteiger partial charge in [0.2, 0.25) is 0 Å². The molecule has 0 radical (unpaired) electrons. The molecule has 3 saturated heterocycles. The third kappa shape index (κ3) is 13.0. The van der Waals surface area contributed by atoms with Gasteiger partial charge >= 0.3 is 12.2 Å². The van der Waals surface area contributed by atoms with Crippen molar-refractivity contribution in [3.8, 4) is 0 Å². The molecule has 3 aromatic carbocycles. The summed E-state index contributed by atoms with van der Waals surface area (Å²) in [6, 6.07) is 14.8. The molecule has 6 bridgehead atoms. The average molecular weight is 1170 g/mol. The van der Waals surface area contributed by atoms with Gasteiger partial charge in [-0.05, 0) is 276 Å². The third-order valence-electron chi connectivity index (χ3n) is 21.5. The molecule has 2 amide bonds. The van der Waals surface area contributed by atoms with Crippen LogP contribution >= 0.6 is 0 Å². The Labute approximate surface area is 504 Å². The zero-order valence-electron chi connectivity index (χ0n) is 50.7. The van der Waals surface area contributed by atoms with Gasteiger partial charge in [0, 0.05) is 60.6 Å². The number of carbonyl (C=O) groups excluding carboxylic acids is 3. The molecule has 0 unspecified atom stereocenters. The van der Waals surface area contributed by atoms with Gasteiger partial charge in [-0.1, -0.05) is 43.9 Å². The number of halogens is 3. The number of benzene rings is 3. The first-order valence-electron chi connectivity index (χ1n) is 32.0. The van der Waals surface area contributed by atoms with Crippen molar-refractivity contribution < 1.29 is 37.0 Å². The first-order chi connectivity index (χ1) is 40.1. The highest BCUT2D eigenvalue weighted by molar-refractivity contribution is 5.92. The van der Waals surface area contributed by atoms with Crippen molar-refractivity contribution >= 4 is 35.5 Å². The van der Waals surface area contributed by atoms with E-state index in [-0.39, 0.29) is 53.3 Å². The summed E-state index contributed by atoms with van der Waals surface area (Å²) in [7, 11) is 0. The lowest BCUT2D eigenvalue weighted by molar-refractivity contribution is -0.111. The van der Waals surface area contributed by atoms with E-state index in [0.717, 1.165) is 167 Å². The van der Waals surface area contributed by atoms with Gasteiger partial charge in [0.25, 0.3) is 0 Å². The lowest BCUT2D eigenvalue weighted by Gasteiger charge is -2.41. The fraction of sp³-hybridized carbons (Fsp3) is 0.620. The van der Waals surface area contributed by atoms with Crippen molar-refractivity contribution in [3.63, 3.8) is 0 Å². The molecule has 3 aromatic rings. The summed E-state index contributed by atoms with van der Waals surface area (Å²) in [6.07, 6.45) is 28.5. The molecule has 3 spiro atoms. The fourth-order valence-electron chi connectivity index (χ4n) is 17.1. The lowest BCUT2D eigenvalue weighted by Crippen LogP contribution is -2.47. The van der Waals surface area contributed by atoms with E-state index < -0.39 is 11.2 Å². The Morgan fingerprint density at radius 2 is 0.976 bits per heavy atom. The predicted molar refractivity (Wildman–Crippen MR) is 333 cm³/mol. The topological polar surface area (TPSA) is 107 Å². The normalized spacial score (nSPS) is 29.7. The van der Waals surface area contributed by atoms with Crippen molar-refractivity contribution in [2.24, 2.45) is 53.3 Å². The average Bonchev–Trinajstić information content (AvgIpc) is 1.79. The lowest BCUT2D eigenvalue weighted by atomic mass is 9.74. The van der Waals surface area contributed by atoms with E-state index in [1.165, 1.54) is 62.9 Å². The summed E-state index contributed by atoms with van der Waals surface area (Å²) >= 11 is 0. The predicted octanol–water partition coefficient (Wildman–Crippen LogP) is 14.2. The number of nitrogens with zero attached hydrogens (tertiary/aromatic N) is 4. The Hall–Kier alpha value is -5.44. The fourth-order valence-corrected chi connectivity index (χ4v) is 17.1. The van der Waals surface area contributed by atoms with Crippen LogP contribution in [-0.2, 0) is 30.5 Å². The second-order valence-corrected chi connectivity index (χ2v) is 29.4. The van der Waals surface area contributed by atoms with Crippen LogP contribution in [0.1, 0.15) is 143 Å². The number of anilines is 3. The van der Waals surface area contributed by atoms with Crippen LogP contribution in [0.15, 0.2) is 91.1 Å². The zero-order valence-corrected chi connectivity index (χ0v) is 50.7.